The number of nitro groups is 1. The molecule has 0 unspecified atom stereocenters. The van der Waals surface area contributed by atoms with Gasteiger partial charge in [0.15, 0.2) is 11.5 Å². The first-order valence-corrected chi connectivity index (χ1v) is 10.4. The van der Waals surface area contributed by atoms with Crippen LogP contribution < -0.4 is 19.5 Å². The predicted molar refractivity (Wildman–Crippen MR) is 134 cm³/mol. The topological polar surface area (TPSA) is 120 Å². The normalized spacial score (nSPS) is 10.9. The number of phenolic OH excluding ortho intramolecular Hbond substituents is 1. The number of carbonyl (C=O) groups excluding carboxylic acids is 1. The lowest BCUT2D eigenvalue weighted by Crippen LogP contribution is -2.09. The molecule has 0 saturated heterocycles. The van der Waals surface area contributed by atoms with E-state index in [-0.39, 0.29) is 22.7 Å². The Hall–Kier alpha value is -4.79. The number of hydrogen-bond acceptors (Lipinski definition) is 7. The number of nitrogens with zero attached hydrogens (tertiary/aromatic N) is 1. The summed E-state index contributed by atoms with van der Waals surface area (Å²) >= 11 is 0. The Balaban J connectivity index is 1.87. The van der Waals surface area contributed by atoms with E-state index in [4.69, 9.17) is 14.2 Å². The Kier molecular flexibility index (Phi) is 8.07. The number of carbonyl (C=O) groups is 1. The van der Waals surface area contributed by atoms with Gasteiger partial charge >= 0.3 is 0 Å². The minimum atomic E-state index is -0.563. The number of anilines is 1. The highest BCUT2D eigenvalue weighted by molar-refractivity contribution is 6.04. The van der Waals surface area contributed by atoms with Crippen LogP contribution in [0.4, 0.5) is 11.4 Å². The highest BCUT2D eigenvalue weighted by Crippen LogP contribution is 2.39. The van der Waals surface area contributed by atoms with Gasteiger partial charge in [0.05, 0.1) is 37.5 Å². The van der Waals surface area contributed by atoms with Gasteiger partial charge in [0.25, 0.3) is 5.69 Å². The molecule has 0 aromatic heterocycles. The average Bonchev–Trinajstić information content (AvgIpc) is 2.87. The first kappa shape index (κ1) is 24.8. The monoisotopic (exact) mass is 476 g/mol. The minimum Gasteiger partial charge on any atom is -0.506 e. The smallest absolute Gasteiger partial charge is 0.276 e. The SMILES string of the molecule is COc1cc(/C=C/c2cccc(O)c2NC(=O)/C=C/c2ccccc2[N+](=O)[O-])cc(OC)c1OC. The van der Waals surface area contributed by atoms with Crippen molar-refractivity contribution in [1.29, 1.82) is 0 Å². The molecular formula is C26H24N2O7. The van der Waals surface area contributed by atoms with Crippen LogP contribution in [-0.4, -0.2) is 37.3 Å². The van der Waals surface area contributed by atoms with E-state index in [1.165, 1.54) is 51.7 Å². The van der Waals surface area contributed by atoms with Crippen LogP contribution in [0.25, 0.3) is 18.2 Å². The molecule has 0 aliphatic carbocycles. The standard InChI is InChI=1S/C26H24N2O7/c1-33-22-15-17(16-23(34-2)26(22)35-3)11-12-19-8-6-10-21(29)25(19)27-24(30)14-13-18-7-4-5-9-20(18)28(31)32/h4-16,29H,1-3H3,(H,27,30)/b12-11+,14-13+. The van der Waals surface area contributed by atoms with Crippen molar-refractivity contribution in [2.24, 2.45) is 0 Å². The number of nitrogens with one attached hydrogen (secondary N) is 1. The lowest BCUT2D eigenvalue weighted by Gasteiger charge is -2.13. The number of hydrogen-bond donors (Lipinski definition) is 2. The van der Waals surface area contributed by atoms with Crippen molar-refractivity contribution in [3.05, 3.63) is 87.5 Å². The third-order valence-corrected chi connectivity index (χ3v) is 5.01. The number of aromatic hydroxyl groups is 1. The Morgan fingerprint density at radius 3 is 2.20 bits per heavy atom. The van der Waals surface area contributed by atoms with Crippen LogP contribution >= 0.6 is 0 Å². The number of para-hydroxylation sites is 2. The molecule has 0 bridgehead atoms. The van der Waals surface area contributed by atoms with Gasteiger partial charge in [-0.1, -0.05) is 36.4 Å². The van der Waals surface area contributed by atoms with E-state index in [9.17, 15) is 20.0 Å². The zero-order valence-corrected chi connectivity index (χ0v) is 19.3. The summed E-state index contributed by atoms with van der Waals surface area (Å²) < 4.78 is 16.1. The van der Waals surface area contributed by atoms with Gasteiger partial charge in [-0.3, -0.25) is 14.9 Å². The number of amides is 1. The number of benzene rings is 3. The molecule has 9 nitrogen and oxygen atoms in total. The summed E-state index contributed by atoms with van der Waals surface area (Å²) in [5.74, 6) is 0.728. The maximum atomic E-state index is 12.5. The van der Waals surface area contributed by atoms with Gasteiger partial charge in [0, 0.05) is 17.7 Å². The molecule has 9 heteroatoms. The van der Waals surface area contributed by atoms with E-state index in [1.807, 2.05) is 0 Å². The Bertz CT molecular complexity index is 1270. The molecular weight excluding hydrogens is 452 g/mol. The molecule has 35 heavy (non-hydrogen) atoms. The van der Waals surface area contributed by atoms with Crippen molar-refractivity contribution in [2.45, 2.75) is 0 Å². The first-order chi connectivity index (χ1) is 16.9. The Morgan fingerprint density at radius 2 is 1.57 bits per heavy atom. The van der Waals surface area contributed by atoms with E-state index in [0.29, 0.717) is 22.8 Å². The highest BCUT2D eigenvalue weighted by atomic mass is 16.6. The zero-order valence-electron chi connectivity index (χ0n) is 19.3. The van der Waals surface area contributed by atoms with Gasteiger partial charge in [0.1, 0.15) is 5.75 Å². The third kappa shape index (κ3) is 5.97. The number of rotatable bonds is 9. The van der Waals surface area contributed by atoms with Crippen LogP contribution in [0, 0.1) is 10.1 Å². The summed E-state index contributed by atoms with van der Waals surface area (Å²) in [6.45, 7) is 0. The molecule has 0 aliphatic heterocycles. The molecule has 0 radical (unpaired) electrons. The predicted octanol–water partition coefficient (Wildman–Crippen LogP) is 5.15. The Labute approximate surface area is 202 Å². The van der Waals surface area contributed by atoms with Crippen LogP contribution in [-0.2, 0) is 4.79 Å². The lowest BCUT2D eigenvalue weighted by atomic mass is 10.1. The quantitative estimate of drug-likeness (QED) is 0.144. The molecule has 0 aliphatic rings. The maximum Gasteiger partial charge on any atom is 0.276 e. The van der Waals surface area contributed by atoms with E-state index in [1.54, 1.807) is 48.6 Å². The molecule has 0 spiro atoms. The molecule has 1 amide bonds. The van der Waals surface area contributed by atoms with Gasteiger partial charge in [0.2, 0.25) is 11.7 Å². The highest BCUT2D eigenvalue weighted by Gasteiger charge is 2.13. The number of phenols is 1. The van der Waals surface area contributed by atoms with Crippen LogP contribution in [0.15, 0.2) is 60.7 Å². The van der Waals surface area contributed by atoms with Crippen molar-refractivity contribution >= 4 is 35.5 Å². The Morgan fingerprint density at radius 1 is 0.914 bits per heavy atom. The van der Waals surface area contributed by atoms with Crippen molar-refractivity contribution in [1.82, 2.24) is 0 Å². The fraction of sp³-hybridized carbons (Fsp3) is 0.115. The van der Waals surface area contributed by atoms with E-state index in [0.717, 1.165) is 5.56 Å². The van der Waals surface area contributed by atoms with E-state index >= 15 is 0 Å². The summed E-state index contributed by atoms with van der Waals surface area (Å²) in [7, 11) is 4.55. The second-order valence-electron chi connectivity index (χ2n) is 7.17. The summed E-state index contributed by atoms with van der Waals surface area (Å²) in [6.07, 6.45) is 5.99. The molecule has 2 N–H and O–H groups in total. The summed E-state index contributed by atoms with van der Waals surface area (Å²) in [4.78, 5) is 23.2. The van der Waals surface area contributed by atoms with Gasteiger partial charge in [-0.15, -0.1) is 0 Å². The minimum absolute atomic E-state index is 0.118. The molecule has 0 heterocycles. The van der Waals surface area contributed by atoms with Crippen molar-refractivity contribution < 1.29 is 29.0 Å². The lowest BCUT2D eigenvalue weighted by molar-refractivity contribution is -0.385. The van der Waals surface area contributed by atoms with Crippen LogP contribution in [0.3, 0.4) is 0 Å². The molecule has 180 valence electrons. The second kappa shape index (κ2) is 11.4. The van der Waals surface area contributed by atoms with Crippen molar-refractivity contribution in [3.63, 3.8) is 0 Å². The summed E-state index contributed by atoms with van der Waals surface area (Å²) in [5, 5.41) is 24.1. The van der Waals surface area contributed by atoms with Crippen LogP contribution in [0.2, 0.25) is 0 Å². The fourth-order valence-electron chi connectivity index (χ4n) is 3.34. The number of methoxy groups -OCH3 is 3. The summed E-state index contributed by atoms with van der Waals surface area (Å²) in [5.41, 5.74) is 1.62. The number of nitro benzene ring substituents is 1. The van der Waals surface area contributed by atoms with Gasteiger partial charge in [-0.2, -0.15) is 0 Å². The molecule has 0 fully saturated rings. The zero-order chi connectivity index (χ0) is 25.4. The average molecular weight is 476 g/mol. The first-order valence-electron chi connectivity index (χ1n) is 10.4. The van der Waals surface area contributed by atoms with Crippen LogP contribution in [0.1, 0.15) is 16.7 Å². The largest absolute Gasteiger partial charge is 0.506 e. The van der Waals surface area contributed by atoms with Gasteiger partial charge in [-0.05, 0) is 35.9 Å². The van der Waals surface area contributed by atoms with E-state index in [2.05, 4.69) is 5.32 Å². The molecule has 3 aromatic rings. The molecule has 0 saturated carbocycles. The molecule has 3 rings (SSSR count). The third-order valence-electron chi connectivity index (χ3n) is 5.01. The summed E-state index contributed by atoms with van der Waals surface area (Å²) in [6, 6.07) is 14.4. The number of ether oxygens (including phenoxy) is 3. The second-order valence-corrected chi connectivity index (χ2v) is 7.17. The van der Waals surface area contributed by atoms with Crippen LogP contribution in [0.5, 0.6) is 23.0 Å². The van der Waals surface area contributed by atoms with Gasteiger partial charge in [-0.25, -0.2) is 0 Å². The van der Waals surface area contributed by atoms with Gasteiger partial charge < -0.3 is 24.6 Å². The van der Waals surface area contributed by atoms with Crippen molar-refractivity contribution in [2.75, 3.05) is 26.6 Å². The molecule has 0 atom stereocenters. The maximum absolute atomic E-state index is 12.5. The fourth-order valence-corrected chi connectivity index (χ4v) is 3.34. The van der Waals surface area contributed by atoms with E-state index < -0.39 is 10.8 Å². The molecule has 3 aromatic carbocycles. The van der Waals surface area contributed by atoms with Crippen molar-refractivity contribution in [3.8, 4) is 23.0 Å².